The van der Waals surface area contributed by atoms with Crippen LogP contribution >= 0.6 is 11.3 Å². The third-order valence-corrected chi connectivity index (χ3v) is 6.10. The van der Waals surface area contributed by atoms with E-state index in [0.717, 1.165) is 15.7 Å². The molecule has 0 fully saturated rings. The lowest BCUT2D eigenvalue weighted by Crippen LogP contribution is -2.35. The van der Waals surface area contributed by atoms with Crippen molar-refractivity contribution in [2.24, 2.45) is 10.7 Å². The zero-order valence-corrected chi connectivity index (χ0v) is 18.2. The van der Waals surface area contributed by atoms with Gasteiger partial charge in [0, 0.05) is 25.5 Å². The number of aliphatic imine (C=N–C) groups is 1. The molecule has 1 aromatic heterocycles. The highest BCUT2D eigenvalue weighted by molar-refractivity contribution is 7.90. The van der Waals surface area contributed by atoms with Crippen molar-refractivity contribution in [1.29, 1.82) is 0 Å². The fourth-order valence-corrected chi connectivity index (χ4v) is 3.65. The SMILES string of the molecule is C=C(/N=C\C=C(/N)c1sc(NC)nc1C)Nc1cccc(CNS(=O)(=O)C(F)(F)F)c1. The van der Waals surface area contributed by atoms with Crippen LogP contribution in [0.15, 0.2) is 47.7 Å². The average Bonchev–Trinajstić information content (AvgIpc) is 3.07. The fourth-order valence-electron chi connectivity index (χ4n) is 2.27. The van der Waals surface area contributed by atoms with E-state index in [1.54, 1.807) is 25.3 Å². The average molecular weight is 475 g/mol. The van der Waals surface area contributed by atoms with Gasteiger partial charge in [-0.3, -0.25) is 0 Å². The second kappa shape index (κ2) is 9.94. The van der Waals surface area contributed by atoms with Gasteiger partial charge in [0.25, 0.3) is 0 Å². The summed E-state index contributed by atoms with van der Waals surface area (Å²) in [6.45, 7) is 5.06. The van der Waals surface area contributed by atoms with E-state index in [1.807, 2.05) is 6.92 Å². The first kappa shape index (κ1) is 24.4. The van der Waals surface area contributed by atoms with Crippen LogP contribution in [0.4, 0.5) is 24.0 Å². The number of hydrogen-bond donors (Lipinski definition) is 4. The molecule has 0 unspecified atom stereocenters. The number of alkyl halides is 3. The van der Waals surface area contributed by atoms with Gasteiger partial charge in [0.05, 0.1) is 16.3 Å². The van der Waals surface area contributed by atoms with Crippen LogP contribution in [0, 0.1) is 6.92 Å². The van der Waals surface area contributed by atoms with Crippen molar-refractivity contribution in [1.82, 2.24) is 9.71 Å². The number of benzene rings is 1. The number of anilines is 2. The van der Waals surface area contributed by atoms with Crippen LogP contribution in [0.5, 0.6) is 0 Å². The van der Waals surface area contributed by atoms with Crippen LogP contribution in [0.1, 0.15) is 16.1 Å². The number of sulfonamides is 1. The minimum atomic E-state index is -5.42. The summed E-state index contributed by atoms with van der Waals surface area (Å²) in [5, 5.41) is 6.55. The van der Waals surface area contributed by atoms with Crippen molar-refractivity contribution in [3.05, 3.63) is 58.9 Å². The van der Waals surface area contributed by atoms with Crippen LogP contribution < -0.4 is 21.1 Å². The van der Waals surface area contributed by atoms with E-state index >= 15 is 0 Å². The molecule has 0 aliphatic rings. The molecule has 0 radical (unpaired) electrons. The lowest BCUT2D eigenvalue weighted by molar-refractivity contribution is -0.0448. The Balaban J connectivity index is 1.99. The minimum absolute atomic E-state index is 0.244. The van der Waals surface area contributed by atoms with Crippen molar-refractivity contribution in [2.75, 3.05) is 17.7 Å². The van der Waals surface area contributed by atoms with Gasteiger partial charge in [-0.15, -0.1) is 0 Å². The number of nitrogens with one attached hydrogen (secondary N) is 3. The molecule has 1 aromatic carbocycles. The Morgan fingerprint density at radius 2 is 2.10 bits per heavy atom. The number of hydrogen-bond acceptors (Lipinski definition) is 8. The molecule has 8 nitrogen and oxygen atoms in total. The molecule has 0 aliphatic carbocycles. The third kappa shape index (κ3) is 6.80. The summed E-state index contributed by atoms with van der Waals surface area (Å²) in [6.07, 6.45) is 3.04. The van der Waals surface area contributed by atoms with Crippen molar-refractivity contribution in [3.8, 4) is 0 Å². The molecule has 0 bridgehead atoms. The van der Waals surface area contributed by atoms with Gasteiger partial charge < -0.3 is 16.4 Å². The van der Waals surface area contributed by atoms with Crippen LogP contribution in [-0.2, 0) is 16.6 Å². The van der Waals surface area contributed by atoms with Gasteiger partial charge in [0.15, 0.2) is 5.13 Å². The number of nitrogens with two attached hydrogens (primary N) is 1. The number of aromatic nitrogens is 1. The van der Waals surface area contributed by atoms with Crippen LogP contribution in [-0.4, -0.2) is 32.2 Å². The van der Waals surface area contributed by atoms with Crippen molar-refractivity contribution in [3.63, 3.8) is 0 Å². The third-order valence-electron chi connectivity index (χ3n) is 3.74. The fraction of sp³-hybridized carbons (Fsp3) is 0.222. The molecule has 2 rings (SSSR count). The van der Waals surface area contributed by atoms with Gasteiger partial charge in [0.2, 0.25) is 0 Å². The summed E-state index contributed by atoms with van der Waals surface area (Å²) >= 11 is 1.40. The van der Waals surface area contributed by atoms with E-state index in [-0.39, 0.29) is 5.82 Å². The number of nitrogens with zero attached hydrogens (tertiary/aromatic N) is 2. The van der Waals surface area contributed by atoms with E-state index in [4.69, 9.17) is 5.73 Å². The Morgan fingerprint density at radius 3 is 2.71 bits per heavy atom. The molecular formula is C18H21F3N6O2S2. The van der Waals surface area contributed by atoms with Crippen LogP contribution in [0.2, 0.25) is 0 Å². The molecule has 168 valence electrons. The smallest absolute Gasteiger partial charge is 0.397 e. The molecule has 0 saturated carbocycles. The standard InChI is InChI=1S/C18H21F3N6O2S2/c1-11-16(30-17(23-3)26-11)15(22)7-8-24-12(2)27-14-6-4-5-13(9-14)10-25-31(28,29)18(19,20)21/h4-9,25,27H,2,10,22H2,1,3H3,(H,23,26)/b15-7-,24-8-. The Morgan fingerprint density at radius 1 is 1.39 bits per heavy atom. The molecule has 0 atom stereocenters. The molecular weight excluding hydrogens is 453 g/mol. The lowest BCUT2D eigenvalue weighted by atomic mass is 10.2. The maximum Gasteiger partial charge on any atom is 0.511 e. The molecule has 13 heteroatoms. The highest BCUT2D eigenvalue weighted by atomic mass is 32.2. The minimum Gasteiger partial charge on any atom is -0.397 e. The summed E-state index contributed by atoms with van der Waals surface area (Å²) in [5.74, 6) is 0.244. The van der Waals surface area contributed by atoms with Gasteiger partial charge in [-0.2, -0.15) is 13.2 Å². The molecule has 1 heterocycles. The Bertz CT molecular complexity index is 1110. The van der Waals surface area contributed by atoms with Crippen molar-refractivity contribution < 1.29 is 21.6 Å². The second-order valence-corrected chi connectivity index (χ2v) is 8.88. The topological polar surface area (TPSA) is 122 Å². The monoisotopic (exact) mass is 474 g/mol. The quantitative estimate of drug-likeness (QED) is 0.414. The lowest BCUT2D eigenvalue weighted by Gasteiger charge is -2.11. The number of thiazole rings is 1. The number of aryl methyl sites for hydroxylation is 1. The Hall–Kier alpha value is -2.90. The van der Waals surface area contributed by atoms with Crippen LogP contribution in [0.3, 0.4) is 0 Å². The van der Waals surface area contributed by atoms with Crippen molar-refractivity contribution >= 4 is 44.1 Å². The van der Waals surface area contributed by atoms with Crippen molar-refractivity contribution in [2.45, 2.75) is 19.0 Å². The largest absolute Gasteiger partial charge is 0.511 e. The summed E-state index contributed by atoms with van der Waals surface area (Å²) in [4.78, 5) is 9.23. The van der Waals surface area contributed by atoms with E-state index in [2.05, 4.69) is 27.2 Å². The molecule has 0 saturated heterocycles. The first-order chi connectivity index (χ1) is 14.4. The summed E-state index contributed by atoms with van der Waals surface area (Å²) < 4.78 is 60.9. The number of halogens is 3. The number of allylic oxidation sites excluding steroid dienone is 1. The van der Waals surface area contributed by atoms with E-state index < -0.39 is 22.1 Å². The van der Waals surface area contributed by atoms with Gasteiger partial charge in [-0.05, 0) is 30.7 Å². The Kier molecular flexibility index (Phi) is 7.81. The summed E-state index contributed by atoms with van der Waals surface area (Å²) in [5.41, 5.74) is 2.73. The molecule has 31 heavy (non-hydrogen) atoms. The molecule has 5 N–H and O–H groups in total. The van der Waals surface area contributed by atoms with E-state index in [0.29, 0.717) is 16.9 Å². The normalized spacial score (nSPS) is 12.9. The molecule has 0 aliphatic heterocycles. The van der Waals surface area contributed by atoms with Gasteiger partial charge >= 0.3 is 15.5 Å². The highest BCUT2D eigenvalue weighted by Gasteiger charge is 2.45. The maximum atomic E-state index is 12.4. The maximum absolute atomic E-state index is 12.4. The van der Waals surface area contributed by atoms with Gasteiger partial charge in [-0.25, -0.2) is 23.1 Å². The molecule has 2 aromatic rings. The molecule has 0 amide bonds. The first-order valence-electron chi connectivity index (χ1n) is 8.69. The predicted molar refractivity (Wildman–Crippen MR) is 118 cm³/mol. The first-order valence-corrected chi connectivity index (χ1v) is 11.0. The van der Waals surface area contributed by atoms with E-state index in [1.165, 1.54) is 34.4 Å². The van der Waals surface area contributed by atoms with Crippen LogP contribution in [0.25, 0.3) is 5.70 Å². The number of rotatable bonds is 9. The van der Waals surface area contributed by atoms with Gasteiger partial charge in [-0.1, -0.05) is 30.0 Å². The summed E-state index contributed by atoms with van der Waals surface area (Å²) in [6, 6.07) is 6.15. The molecule has 0 spiro atoms. The predicted octanol–water partition coefficient (Wildman–Crippen LogP) is 3.39. The van der Waals surface area contributed by atoms with E-state index in [9.17, 15) is 21.6 Å². The Labute approximate surface area is 181 Å². The zero-order chi connectivity index (χ0) is 23.2. The summed E-state index contributed by atoms with van der Waals surface area (Å²) in [7, 11) is -3.65. The second-order valence-electron chi connectivity index (χ2n) is 6.13. The zero-order valence-electron chi connectivity index (χ0n) is 16.6. The van der Waals surface area contributed by atoms with Gasteiger partial charge in [0.1, 0.15) is 5.82 Å². The highest BCUT2D eigenvalue weighted by Crippen LogP contribution is 2.26.